The molecule has 0 fully saturated rings. The van der Waals surface area contributed by atoms with Crippen LogP contribution >= 0.6 is 0 Å². The van der Waals surface area contributed by atoms with Crippen molar-refractivity contribution in [2.75, 3.05) is 34.3 Å². The van der Waals surface area contributed by atoms with Gasteiger partial charge in [-0.05, 0) is 81.9 Å². The topological polar surface area (TPSA) is 80.1 Å². The molecule has 172 valence electrons. The maximum atomic E-state index is 13.6. The zero-order valence-electron chi connectivity index (χ0n) is 19.6. The van der Waals surface area contributed by atoms with E-state index in [0.29, 0.717) is 28.6 Å². The van der Waals surface area contributed by atoms with E-state index in [1.165, 1.54) is 7.11 Å². The Morgan fingerprint density at radius 1 is 1.09 bits per heavy atom. The largest absolute Gasteiger partial charge is 0.465 e. The molecule has 0 spiro atoms. The fourth-order valence-corrected chi connectivity index (χ4v) is 4.33. The Labute approximate surface area is 192 Å². The maximum Gasteiger partial charge on any atom is 0.337 e. The van der Waals surface area contributed by atoms with Crippen molar-refractivity contribution >= 4 is 22.8 Å². The summed E-state index contributed by atoms with van der Waals surface area (Å²) in [6.07, 6.45) is 0.745. The molecule has 1 aromatic heterocycles. The van der Waals surface area contributed by atoms with Crippen molar-refractivity contribution in [1.82, 2.24) is 9.80 Å². The van der Waals surface area contributed by atoms with E-state index in [1.54, 1.807) is 29.2 Å². The average molecular weight is 449 g/mol. The molecule has 1 amide bonds. The molecule has 7 heteroatoms. The second-order valence-corrected chi connectivity index (χ2v) is 8.78. The van der Waals surface area contributed by atoms with Crippen molar-refractivity contribution in [2.24, 2.45) is 0 Å². The molecule has 0 saturated heterocycles. The summed E-state index contributed by atoms with van der Waals surface area (Å²) < 4.78 is 10.8. The van der Waals surface area contributed by atoms with Crippen LogP contribution in [-0.4, -0.2) is 56.0 Å². The third kappa shape index (κ3) is 4.04. The second-order valence-electron chi connectivity index (χ2n) is 8.78. The standard InChI is InChI=1S/C26H28N2O5/c1-15-13-19-20(14-16(15)2)33-24-21(23(19)29)22(28(25(24)30)12-6-11-27(3)4)17-7-9-18(10-8-17)26(31)32-5/h7-10,13-14,22H,6,11-12H2,1-5H3/t22-/m1/s1. The van der Waals surface area contributed by atoms with E-state index < -0.39 is 12.0 Å². The first-order chi connectivity index (χ1) is 15.7. The van der Waals surface area contributed by atoms with Gasteiger partial charge in [0.05, 0.1) is 29.7 Å². The predicted octanol–water partition coefficient (Wildman–Crippen LogP) is 3.69. The van der Waals surface area contributed by atoms with Gasteiger partial charge >= 0.3 is 5.97 Å². The van der Waals surface area contributed by atoms with Gasteiger partial charge in [-0.2, -0.15) is 0 Å². The van der Waals surface area contributed by atoms with Crippen molar-refractivity contribution in [1.29, 1.82) is 0 Å². The summed E-state index contributed by atoms with van der Waals surface area (Å²) >= 11 is 0. The lowest BCUT2D eigenvalue weighted by Crippen LogP contribution is -2.32. The lowest BCUT2D eigenvalue weighted by atomic mass is 9.96. The summed E-state index contributed by atoms with van der Waals surface area (Å²) in [5.74, 6) is -0.630. The van der Waals surface area contributed by atoms with Gasteiger partial charge in [0, 0.05) is 6.54 Å². The summed E-state index contributed by atoms with van der Waals surface area (Å²) in [5, 5.41) is 0.468. The van der Waals surface area contributed by atoms with Crippen molar-refractivity contribution < 1.29 is 18.7 Å². The van der Waals surface area contributed by atoms with E-state index in [1.807, 2.05) is 40.1 Å². The Morgan fingerprint density at radius 2 is 1.76 bits per heavy atom. The Kier molecular flexibility index (Phi) is 6.08. The highest BCUT2D eigenvalue weighted by molar-refractivity contribution is 5.99. The van der Waals surface area contributed by atoms with Crippen LogP contribution in [0.4, 0.5) is 0 Å². The molecule has 0 N–H and O–H groups in total. The molecule has 1 aliphatic heterocycles. The molecule has 0 saturated carbocycles. The van der Waals surface area contributed by atoms with Crippen LogP contribution in [0.1, 0.15) is 55.6 Å². The maximum absolute atomic E-state index is 13.6. The molecule has 2 aromatic carbocycles. The monoisotopic (exact) mass is 448 g/mol. The van der Waals surface area contributed by atoms with Crippen LogP contribution in [0, 0.1) is 13.8 Å². The highest BCUT2D eigenvalue weighted by Crippen LogP contribution is 2.38. The Balaban J connectivity index is 1.87. The van der Waals surface area contributed by atoms with E-state index in [9.17, 15) is 14.4 Å². The van der Waals surface area contributed by atoms with Crippen LogP contribution in [-0.2, 0) is 4.74 Å². The zero-order chi connectivity index (χ0) is 23.9. The first-order valence-electron chi connectivity index (χ1n) is 10.9. The highest BCUT2D eigenvalue weighted by atomic mass is 16.5. The van der Waals surface area contributed by atoms with E-state index >= 15 is 0 Å². The molecule has 0 unspecified atom stereocenters. The van der Waals surface area contributed by atoms with Gasteiger partial charge in [0.2, 0.25) is 5.76 Å². The number of rotatable bonds is 6. The molecule has 1 atom stereocenters. The van der Waals surface area contributed by atoms with Crippen LogP contribution in [0.3, 0.4) is 0 Å². The summed E-state index contributed by atoms with van der Waals surface area (Å²) in [6, 6.07) is 9.89. The molecule has 3 aromatic rings. The van der Waals surface area contributed by atoms with Crippen molar-refractivity contribution in [3.63, 3.8) is 0 Å². The third-order valence-corrected chi connectivity index (χ3v) is 6.23. The van der Waals surface area contributed by atoms with Gasteiger partial charge < -0.3 is 19.0 Å². The van der Waals surface area contributed by atoms with E-state index in [-0.39, 0.29) is 17.1 Å². The van der Waals surface area contributed by atoms with Gasteiger partial charge in [-0.25, -0.2) is 4.79 Å². The lowest BCUT2D eigenvalue weighted by Gasteiger charge is -2.26. The summed E-state index contributed by atoms with van der Waals surface area (Å²) in [4.78, 5) is 42.7. The van der Waals surface area contributed by atoms with Gasteiger partial charge in [-0.15, -0.1) is 0 Å². The Hall–Kier alpha value is -3.45. The minimum absolute atomic E-state index is 0.0997. The molecule has 4 rings (SSSR count). The Bertz CT molecular complexity index is 1290. The van der Waals surface area contributed by atoms with Gasteiger partial charge in [-0.1, -0.05) is 12.1 Å². The number of fused-ring (bicyclic) bond motifs is 2. The number of carbonyl (C=O) groups is 2. The summed E-state index contributed by atoms with van der Waals surface area (Å²) in [7, 11) is 5.28. The number of esters is 1. The minimum Gasteiger partial charge on any atom is -0.465 e. The van der Waals surface area contributed by atoms with Crippen LogP contribution in [0.15, 0.2) is 45.6 Å². The summed E-state index contributed by atoms with van der Waals surface area (Å²) in [6.45, 7) is 5.17. The quantitative estimate of drug-likeness (QED) is 0.535. The van der Waals surface area contributed by atoms with Crippen molar-refractivity contribution in [2.45, 2.75) is 26.3 Å². The molecule has 0 bridgehead atoms. The van der Waals surface area contributed by atoms with Crippen LogP contribution < -0.4 is 5.43 Å². The number of ether oxygens (including phenoxy) is 1. The molecular weight excluding hydrogens is 420 g/mol. The fraction of sp³-hybridized carbons (Fsp3) is 0.346. The highest BCUT2D eigenvalue weighted by Gasteiger charge is 2.42. The van der Waals surface area contributed by atoms with Gasteiger partial charge in [0.15, 0.2) is 5.43 Å². The number of aryl methyl sites for hydroxylation is 2. The Morgan fingerprint density at radius 3 is 2.39 bits per heavy atom. The smallest absolute Gasteiger partial charge is 0.337 e. The lowest BCUT2D eigenvalue weighted by molar-refractivity contribution is 0.0600. The van der Waals surface area contributed by atoms with Gasteiger partial charge in [-0.3, -0.25) is 9.59 Å². The third-order valence-electron chi connectivity index (χ3n) is 6.23. The minimum atomic E-state index is -0.580. The SMILES string of the molecule is COC(=O)c1ccc([C@@H]2c3c(oc4cc(C)c(C)cc4c3=O)C(=O)N2CCCN(C)C)cc1. The zero-order valence-corrected chi connectivity index (χ0v) is 19.6. The van der Waals surface area contributed by atoms with Crippen LogP contribution in [0.2, 0.25) is 0 Å². The molecule has 0 radical (unpaired) electrons. The summed E-state index contributed by atoms with van der Waals surface area (Å²) in [5.41, 5.74) is 3.71. The van der Waals surface area contributed by atoms with Crippen LogP contribution in [0.5, 0.6) is 0 Å². The van der Waals surface area contributed by atoms with Gasteiger partial charge in [0.25, 0.3) is 5.91 Å². The van der Waals surface area contributed by atoms with E-state index in [4.69, 9.17) is 9.15 Å². The second kappa shape index (κ2) is 8.83. The molecule has 2 heterocycles. The number of nitrogens with zero attached hydrogens (tertiary/aromatic N) is 2. The normalized spacial score (nSPS) is 15.4. The molecule has 0 aliphatic carbocycles. The number of carbonyl (C=O) groups excluding carboxylic acids is 2. The van der Waals surface area contributed by atoms with Crippen LogP contribution in [0.25, 0.3) is 11.0 Å². The molecule has 33 heavy (non-hydrogen) atoms. The predicted molar refractivity (Wildman–Crippen MR) is 126 cm³/mol. The van der Waals surface area contributed by atoms with Crippen molar-refractivity contribution in [3.8, 4) is 0 Å². The number of benzene rings is 2. The van der Waals surface area contributed by atoms with Crippen molar-refractivity contribution in [3.05, 3.63) is 80.2 Å². The van der Waals surface area contributed by atoms with E-state index in [2.05, 4.69) is 4.90 Å². The van der Waals surface area contributed by atoms with E-state index in [0.717, 1.165) is 29.7 Å². The number of amides is 1. The molecule has 7 nitrogen and oxygen atoms in total. The first kappa shape index (κ1) is 22.7. The number of hydrogen-bond donors (Lipinski definition) is 0. The first-order valence-corrected chi connectivity index (χ1v) is 10.9. The number of hydrogen-bond acceptors (Lipinski definition) is 6. The molecular formula is C26H28N2O5. The average Bonchev–Trinajstić information content (AvgIpc) is 3.06. The molecule has 1 aliphatic rings. The fourth-order valence-electron chi connectivity index (χ4n) is 4.33. The van der Waals surface area contributed by atoms with Gasteiger partial charge in [0.1, 0.15) is 5.58 Å². The number of methoxy groups -OCH3 is 1.